The molecule has 1 aromatic carbocycles. The summed E-state index contributed by atoms with van der Waals surface area (Å²) in [4.78, 5) is 0. The van der Waals surface area contributed by atoms with E-state index in [-0.39, 0.29) is 0 Å². The van der Waals surface area contributed by atoms with Crippen molar-refractivity contribution in [3.63, 3.8) is 0 Å². The van der Waals surface area contributed by atoms with Crippen molar-refractivity contribution in [1.82, 2.24) is 5.32 Å². The number of hydrogen-bond acceptors (Lipinski definition) is 1. The van der Waals surface area contributed by atoms with Crippen molar-refractivity contribution in [3.05, 3.63) is 46.5 Å². The highest BCUT2D eigenvalue weighted by molar-refractivity contribution is 6.30. The van der Waals surface area contributed by atoms with E-state index in [1.807, 2.05) is 12.1 Å². The second kappa shape index (κ2) is 7.72. The molecule has 1 N–H and O–H groups in total. The maximum absolute atomic E-state index is 5.94. The summed E-state index contributed by atoms with van der Waals surface area (Å²) in [5.74, 6) is 0. The lowest BCUT2D eigenvalue weighted by Gasteiger charge is -2.21. The highest BCUT2D eigenvalue weighted by atomic mass is 35.5. The molecular formula is C17H24ClN. The Balaban J connectivity index is 1.95. The van der Waals surface area contributed by atoms with Crippen LogP contribution in [0.3, 0.4) is 0 Å². The van der Waals surface area contributed by atoms with Crippen LogP contribution in [0.1, 0.15) is 44.6 Å². The molecule has 2 rings (SSSR count). The van der Waals surface area contributed by atoms with E-state index in [0.29, 0.717) is 6.04 Å². The minimum absolute atomic E-state index is 0.551. The molecule has 1 atom stereocenters. The van der Waals surface area contributed by atoms with Gasteiger partial charge in [-0.2, -0.15) is 0 Å². The molecule has 1 aliphatic carbocycles. The van der Waals surface area contributed by atoms with Crippen LogP contribution >= 0.6 is 11.6 Å². The predicted octanol–water partition coefficient (Wildman–Crippen LogP) is 4.75. The Morgan fingerprint density at radius 3 is 2.58 bits per heavy atom. The Labute approximate surface area is 122 Å². The number of benzene rings is 1. The van der Waals surface area contributed by atoms with Crippen LogP contribution in [0.15, 0.2) is 35.9 Å². The van der Waals surface area contributed by atoms with E-state index in [4.69, 9.17) is 11.6 Å². The third-order valence-electron chi connectivity index (χ3n) is 3.78. The first-order valence-electron chi connectivity index (χ1n) is 7.43. The molecule has 0 aliphatic heterocycles. The Morgan fingerprint density at radius 1 is 1.16 bits per heavy atom. The van der Waals surface area contributed by atoms with E-state index < -0.39 is 0 Å². The summed E-state index contributed by atoms with van der Waals surface area (Å²) in [5.41, 5.74) is 3.01. The molecule has 0 radical (unpaired) electrons. The number of allylic oxidation sites excluding steroid dienone is 1. The van der Waals surface area contributed by atoms with Crippen LogP contribution in [0.2, 0.25) is 5.02 Å². The number of nitrogens with one attached hydrogen (secondary N) is 1. The first-order valence-corrected chi connectivity index (χ1v) is 7.81. The average molecular weight is 278 g/mol. The molecule has 0 amide bonds. The number of halogens is 1. The van der Waals surface area contributed by atoms with Gasteiger partial charge in [0, 0.05) is 11.1 Å². The molecular weight excluding hydrogens is 254 g/mol. The van der Waals surface area contributed by atoms with Gasteiger partial charge in [-0.05, 0) is 62.8 Å². The molecule has 0 aromatic heterocycles. The molecule has 2 heteroatoms. The first kappa shape index (κ1) is 14.6. The van der Waals surface area contributed by atoms with Crippen LogP contribution in [0.5, 0.6) is 0 Å². The third kappa shape index (κ3) is 5.00. The van der Waals surface area contributed by atoms with Crippen LogP contribution < -0.4 is 5.32 Å². The number of rotatable bonds is 6. The Kier molecular flexibility index (Phi) is 5.93. The van der Waals surface area contributed by atoms with Crippen molar-refractivity contribution in [2.75, 3.05) is 6.54 Å². The van der Waals surface area contributed by atoms with Crippen molar-refractivity contribution in [2.45, 2.75) is 51.5 Å². The van der Waals surface area contributed by atoms with E-state index in [1.165, 1.54) is 37.7 Å². The lowest BCUT2D eigenvalue weighted by Crippen LogP contribution is -2.31. The maximum Gasteiger partial charge on any atom is 0.0406 e. The quantitative estimate of drug-likeness (QED) is 0.740. The van der Waals surface area contributed by atoms with Crippen molar-refractivity contribution < 1.29 is 0 Å². The molecule has 19 heavy (non-hydrogen) atoms. The summed E-state index contributed by atoms with van der Waals surface area (Å²) >= 11 is 5.94. The SMILES string of the molecule is CCNC(CC1=CCCCC1)Cc1ccc(Cl)cc1. The monoisotopic (exact) mass is 277 g/mol. The summed E-state index contributed by atoms with van der Waals surface area (Å²) in [7, 11) is 0. The summed E-state index contributed by atoms with van der Waals surface area (Å²) in [6, 6.07) is 8.80. The van der Waals surface area contributed by atoms with Gasteiger partial charge in [-0.3, -0.25) is 0 Å². The molecule has 0 saturated heterocycles. The first-order chi connectivity index (χ1) is 9.28. The van der Waals surface area contributed by atoms with E-state index in [9.17, 15) is 0 Å². The standard InChI is InChI=1S/C17H24ClN/c1-2-19-17(12-14-6-4-3-5-7-14)13-15-8-10-16(18)11-9-15/h6,8-11,17,19H,2-5,7,12-13H2,1H3. The molecule has 0 saturated carbocycles. The van der Waals surface area contributed by atoms with Gasteiger partial charge in [0.25, 0.3) is 0 Å². The van der Waals surface area contributed by atoms with Crippen LogP contribution in [-0.2, 0) is 6.42 Å². The minimum Gasteiger partial charge on any atom is -0.314 e. The second-order valence-corrected chi connectivity index (χ2v) is 5.83. The molecule has 104 valence electrons. The van der Waals surface area contributed by atoms with Gasteiger partial charge in [0.05, 0.1) is 0 Å². The predicted molar refractivity (Wildman–Crippen MR) is 83.8 cm³/mol. The molecule has 0 spiro atoms. The molecule has 1 aliphatic rings. The molecule has 0 fully saturated rings. The van der Waals surface area contributed by atoms with Crippen LogP contribution in [0, 0.1) is 0 Å². The average Bonchev–Trinajstić information content (AvgIpc) is 2.43. The fourth-order valence-corrected chi connectivity index (χ4v) is 2.94. The van der Waals surface area contributed by atoms with Gasteiger partial charge in [-0.15, -0.1) is 0 Å². The Morgan fingerprint density at radius 2 is 1.95 bits per heavy atom. The zero-order chi connectivity index (χ0) is 13.5. The number of likely N-dealkylation sites (N-methyl/N-ethyl adjacent to an activating group) is 1. The molecule has 1 nitrogen and oxygen atoms in total. The highest BCUT2D eigenvalue weighted by Crippen LogP contribution is 2.22. The van der Waals surface area contributed by atoms with Crippen molar-refractivity contribution in [2.24, 2.45) is 0 Å². The highest BCUT2D eigenvalue weighted by Gasteiger charge is 2.12. The zero-order valence-corrected chi connectivity index (χ0v) is 12.5. The van der Waals surface area contributed by atoms with Gasteiger partial charge in [0.1, 0.15) is 0 Å². The fraction of sp³-hybridized carbons (Fsp3) is 0.529. The van der Waals surface area contributed by atoms with Gasteiger partial charge in [-0.25, -0.2) is 0 Å². The zero-order valence-electron chi connectivity index (χ0n) is 11.8. The topological polar surface area (TPSA) is 12.0 Å². The fourth-order valence-electron chi connectivity index (χ4n) is 2.82. The summed E-state index contributed by atoms with van der Waals surface area (Å²) < 4.78 is 0. The lowest BCUT2D eigenvalue weighted by atomic mass is 9.92. The van der Waals surface area contributed by atoms with Gasteiger partial charge < -0.3 is 5.32 Å². The van der Waals surface area contributed by atoms with Gasteiger partial charge >= 0.3 is 0 Å². The minimum atomic E-state index is 0.551. The maximum atomic E-state index is 5.94. The normalized spacial score (nSPS) is 17.1. The molecule has 0 heterocycles. The van der Waals surface area contributed by atoms with E-state index in [1.54, 1.807) is 5.57 Å². The third-order valence-corrected chi connectivity index (χ3v) is 4.03. The van der Waals surface area contributed by atoms with Crippen molar-refractivity contribution in [3.8, 4) is 0 Å². The van der Waals surface area contributed by atoms with E-state index in [0.717, 1.165) is 18.0 Å². The van der Waals surface area contributed by atoms with Gasteiger partial charge in [-0.1, -0.05) is 42.3 Å². The lowest BCUT2D eigenvalue weighted by molar-refractivity contribution is 0.504. The van der Waals surface area contributed by atoms with Crippen molar-refractivity contribution in [1.29, 1.82) is 0 Å². The van der Waals surface area contributed by atoms with E-state index >= 15 is 0 Å². The second-order valence-electron chi connectivity index (χ2n) is 5.40. The van der Waals surface area contributed by atoms with Gasteiger partial charge in [0.2, 0.25) is 0 Å². The molecule has 1 unspecified atom stereocenters. The summed E-state index contributed by atoms with van der Waals surface area (Å²) in [6.07, 6.45) is 10.0. The Bertz CT molecular complexity index is 408. The largest absolute Gasteiger partial charge is 0.314 e. The summed E-state index contributed by atoms with van der Waals surface area (Å²) in [6.45, 7) is 3.22. The van der Waals surface area contributed by atoms with Crippen LogP contribution in [-0.4, -0.2) is 12.6 Å². The molecule has 0 bridgehead atoms. The number of hydrogen-bond donors (Lipinski definition) is 1. The smallest absolute Gasteiger partial charge is 0.0406 e. The molecule has 1 aromatic rings. The Hall–Kier alpha value is -0.790. The van der Waals surface area contributed by atoms with Crippen molar-refractivity contribution >= 4 is 11.6 Å². The van der Waals surface area contributed by atoms with Crippen LogP contribution in [0.4, 0.5) is 0 Å². The summed E-state index contributed by atoms with van der Waals surface area (Å²) in [5, 5.41) is 4.44. The van der Waals surface area contributed by atoms with E-state index in [2.05, 4.69) is 30.4 Å². The van der Waals surface area contributed by atoms with Crippen LogP contribution in [0.25, 0.3) is 0 Å². The van der Waals surface area contributed by atoms with Gasteiger partial charge in [0.15, 0.2) is 0 Å².